The minimum atomic E-state index is -0.788. The van der Waals surface area contributed by atoms with Gasteiger partial charge in [-0.1, -0.05) is 6.42 Å². The van der Waals surface area contributed by atoms with Gasteiger partial charge in [-0.25, -0.2) is 0 Å². The SMILES string of the molecule is Cc1ccc(CN(Cc2ccco2)C(=O)C2CCCC(C(=O)O)C2)s1. The Kier molecular flexibility index (Phi) is 5.58. The van der Waals surface area contributed by atoms with E-state index >= 15 is 0 Å². The van der Waals surface area contributed by atoms with Crippen LogP contribution < -0.4 is 0 Å². The number of carboxylic acids is 1. The molecule has 0 saturated heterocycles. The summed E-state index contributed by atoms with van der Waals surface area (Å²) in [7, 11) is 0. The Hall–Kier alpha value is -2.08. The van der Waals surface area contributed by atoms with Crippen molar-refractivity contribution in [2.75, 3.05) is 0 Å². The zero-order valence-corrected chi connectivity index (χ0v) is 15.1. The summed E-state index contributed by atoms with van der Waals surface area (Å²) in [5.41, 5.74) is 0. The maximum atomic E-state index is 13.1. The summed E-state index contributed by atoms with van der Waals surface area (Å²) in [6.45, 7) is 2.99. The summed E-state index contributed by atoms with van der Waals surface area (Å²) in [6, 6.07) is 7.77. The molecule has 2 heterocycles. The van der Waals surface area contributed by atoms with E-state index in [1.165, 1.54) is 4.88 Å². The second-order valence-electron chi connectivity index (χ2n) is 6.68. The van der Waals surface area contributed by atoms with Crippen molar-refractivity contribution in [2.24, 2.45) is 11.8 Å². The molecule has 134 valence electrons. The molecule has 1 aliphatic carbocycles. The fourth-order valence-electron chi connectivity index (χ4n) is 3.46. The number of thiophene rings is 1. The Bertz CT molecular complexity index is 722. The Balaban J connectivity index is 1.75. The number of nitrogens with zero attached hydrogens (tertiary/aromatic N) is 1. The van der Waals surface area contributed by atoms with Crippen LogP contribution in [0.5, 0.6) is 0 Å². The number of carbonyl (C=O) groups excluding carboxylic acids is 1. The zero-order chi connectivity index (χ0) is 17.8. The Labute approximate surface area is 151 Å². The van der Waals surface area contributed by atoms with E-state index in [0.29, 0.717) is 25.9 Å². The van der Waals surface area contributed by atoms with Gasteiger partial charge in [-0.05, 0) is 50.5 Å². The van der Waals surface area contributed by atoms with Crippen molar-refractivity contribution in [3.05, 3.63) is 46.0 Å². The highest BCUT2D eigenvalue weighted by Crippen LogP contribution is 2.31. The molecule has 1 amide bonds. The molecule has 2 aromatic heterocycles. The van der Waals surface area contributed by atoms with E-state index in [-0.39, 0.29) is 11.8 Å². The molecule has 1 saturated carbocycles. The van der Waals surface area contributed by atoms with Crippen molar-refractivity contribution in [2.45, 2.75) is 45.7 Å². The minimum absolute atomic E-state index is 0.0356. The molecule has 1 fully saturated rings. The lowest BCUT2D eigenvalue weighted by molar-refractivity contribution is -0.146. The van der Waals surface area contributed by atoms with Gasteiger partial charge in [0.25, 0.3) is 0 Å². The first-order valence-electron chi connectivity index (χ1n) is 8.62. The molecule has 0 bridgehead atoms. The molecule has 0 spiro atoms. The smallest absolute Gasteiger partial charge is 0.306 e. The minimum Gasteiger partial charge on any atom is -0.481 e. The number of furan rings is 1. The summed E-state index contributed by atoms with van der Waals surface area (Å²) >= 11 is 1.68. The highest BCUT2D eigenvalue weighted by Gasteiger charge is 2.33. The number of hydrogen-bond acceptors (Lipinski definition) is 4. The van der Waals surface area contributed by atoms with Crippen LogP contribution in [0.25, 0.3) is 0 Å². The largest absolute Gasteiger partial charge is 0.481 e. The van der Waals surface area contributed by atoms with Gasteiger partial charge in [-0.3, -0.25) is 9.59 Å². The molecule has 2 aromatic rings. The van der Waals surface area contributed by atoms with Crippen molar-refractivity contribution in [3.63, 3.8) is 0 Å². The molecule has 6 heteroatoms. The molecule has 5 nitrogen and oxygen atoms in total. The quantitative estimate of drug-likeness (QED) is 0.842. The van der Waals surface area contributed by atoms with Crippen LogP contribution in [0.15, 0.2) is 34.9 Å². The van der Waals surface area contributed by atoms with Crippen molar-refractivity contribution < 1.29 is 19.1 Å². The van der Waals surface area contributed by atoms with E-state index < -0.39 is 11.9 Å². The third kappa shape index (κ3) is 4.51. The topological polar surface area (TPSA) is 70.8 Å². The van der Waals surface area contributed by atoms with Crippen LogP contribution >= 0.6 is 11.3 Å². The summed E-state index contributed by atoms with van der Waals surface area (Å²) in [4.78, 5) is 28.5. The summed E-state index contributed by atoms with van der Waals surface area (Å²) in [6.07, 6.45) is 4.27. The van der Waals surface area contributed by atoms with Crippen LogP contribution in [0.2, 0.25) is 0 Å². The van der Waals surface area contributed by atoms with Gasteiger partial charge in [0.15, 0.2) is 0 Å². The molecule has 0 aromatic carbocycles. The van der Waals surface area contributed by atoms with Gasteiger partial charge in [0, 0.05) is 15.7 Å². The standard InChI is InChI=1S/C19H23NO4S/c1-13-7-8-17(25-13)12-20(11-16-6-3-9-24-16)18(21)14-4-2-5-15(10-14)19(22)23/h3,6-9,14-15H,2,4-5,10-12H2,1H3,(H,22,23). The highest BCUT2D eigenvalue weighted by atomic mass is 32.1. The summed E-state index contributed by atoms with van der Waals surface area (Å²) < 4.78 is 5.42. The lowest BCUT2D eigenvalue weighted by Gasteiger charge is -2.31. The fraction of sp³-hybridized carbons (Fsp3) is 0.474. The van der Waals surface area contributed by atoms with Gasteiger partial charge in [0.05, 0.1) is 25.3 Å². The van der Waals surface area contributed by atoms with E-state index in [4.69, 9.17) is 4.42 Å². The number of carbonyl (C=O) groups is 2. The lowest BCUT2D eigenvalue weighted by Crippen LogP contribution is -2.38. The first-order chi connectivity index (χ1) is 12.0. The average Bonchev–Trinajstić information content (AvgIpc) is 3.25. The predicted molar refractivity (Wildman–Crippen MR) is 95.1 cm³/mol. The number of amides is 1. The van der Waals surface area contributed by atoms with Crippen LogP contribution in [-0.2, 0) is 22.7 Å². The van der Waals surface area contributed by atoms with Gasteiger partial charge in [0.2, 0.25) is 5.91 Å². The van der Waals surface area contributed by atoms with E-state index in [0.717, 1.165) is 23.5 Å². The van der Waals surface area contributed by atoms with E-state index in [1.54, 1.807) is 22.5 Å². The molecule has 25 heavy (non-hydrogen) atoms. The van der Waals surface area contributed by atoms with Gasteiger partial charge in [-0.15, -0.1) is 11.3 Å². The van der Waals surface area contributed by atoms with Gasteiger partial charge < -0.3 is 14.4 Å². The maximum absolute atomic E-state index is 13.1. The summed E-state index contributed by atoms with van der Waals surface area (Å²) in [5, 5.41) is 9.28. The monoisotopic (exact) mass is 361 g/mol. The molecule has 1 aliphatic rings. The Morgan fingerprint density at radius 2 is 2.04 bits per heavy atom. The van der Waals surface area contributed by atoms with Gasteiger partial charge in [-0.2, -0.15) is 0 Å². The van der Waals surface area contributed by atoms with Crippen molar-refractivity contribution in [1.29, 1.82) is 0 Å². The second kappa shape index (κ2) is 7.87. The Morgan fingerprint density at radius 3 is 2.68 bits per heavy atom. The van der Waals surface area contributed by atoms with Gasteiger partial charge >= 0.3 is 5.97 Å². The average molecular weight is 361 g/mol. The Morgan fingerprint density at radius 1 is 1.24 bits per heavy atom. The number of carboxylic acid groups (broad SMARTS) is 1. The lowest BCUT2D eigenvalue weighted by atomic mass is 9.80. The third-order valence-electron chi connectivity index (χ3n) is 4.75. The van der Waals surface area contributed by atoms with Crippen LogP contribution in [0, 0.1) is 18.8 Å². The highest BCUT2D eigenvalue weighted by molar-refractivity contribution is 7.11. The third-order valence-corrected chi connectivity index (χ3v) is 5.74. The molecule has 1 N–H and O–H groups in total. The van der Waals surface area contributed by atoms with Crippen molar-refractivity contribution >= 4 is 23.2 Å². The molecular weight excluding hydrogens is 338 g/mol. The normalized spacial score (nSPS) is 20.4. The van der Waals surface area contributed by atoms with Crippen LogP contribution in [0.1, 0.15) is 41.2 Å². The molecule has 2 atom stereocenters. The molecule has 2 unspecified atom stereocenters. The fourth-order valence-corrected chi connectivity index (χ4v) is 4.36. The predicted octanol–water partition coefficient (Wildman–Crippen LogP) is 4.07. The van der Waals surface area contributed by atoms with E-state index in [9.17, 15) is 14.7 Å². The van der Waals surface area contributed by atoms with Crippen molar-refractivity contribution in [3.8, 4) is 0 Å². The van der Waals surface area contributed by atoms with Crippen LogP contribution in [0.4, 0.5) is 0 Å². The summed E-state index contributed by atoms with van der Waals surface area (Å²) in [5.74, 6) is -0.632. The zero-order valence-electron chi connectivity index (χ0n) is 14.3. The number of rotatable bonds is 6. The molecular formula is C19H23NO4S. The number of aliphatic carboxylic acids is 1. The number of hydrogen-bond donors (Lipinski definition) is 1. The van der Waals surface area contributed by atoms with Crippen LogP contribution in [-0.4, -0.2) is 21.9 Å². The maximum Gasteiger partial charge on any atom is 0.306 e. The van der Waals surface area contributed by atoms with E-state index in [1.807, 2.05) is 25.1 Å². The van der Waals surface area contributed by atoms with Crippen LogP contribution in [0.3, 0.4) is 0 Å². The van der Waals surface area contributed by atoms with E-state index in [2.05, 4.69) is 6.07 Å². The molecule has 0 aliphatic heterocycles. The molecule has 3 rings (SSSR count). The van der Waals surface area contributed by atoms with Gasteiger partial charge in [0.1, 0.15) is 5.76 Å². The first kappa shape index (κ1) is 17.7. The molecule has 0 radical (unpaired) electrons. The first-order valence-corrected chi connectivity index (χ1v) is 9.44. The van der Waals surface area contributed by atoms with Crippen molar-refractivity contribution in [1.82, 2.24) is 4.90 Å². The number of aryl methyl sites for hydroxylation is 1. The second-order valence-corrected chi connectivity index (χ2v) is 8.06.